The van der Waals surface area contributed by atoms with Crippen molar-refractivity contribution >= 4 is 33.9 Å². The van der Waals surface area contributed by atoms with Gasteiger partial charge < -0.3 is 14.8 Å². The molecule has 1 N–H and O–H groups in total. The maximum Gasteiger partial charge on any atom is 0.329 e. The molecule has 1 heterocycles. The summed E-state index contributed by atoms with van der Waals surface area (Å²) in [4.78, 5) is 26.1. The molecule has 0 bridgehead atoms. The monoisotopic (exact) mass is 528 g/mol. The van der Waals surface area contributed by atoms with Gasteiger partial charge >= 0.3 is 6.03 Å². The minimum Gasteiger partial charge on any atom is -0.493 e. The summed E-state index contributed by atoms with van der Waals surface area (Å²) in [5.41, 5.74) is 1.47. The van der Waals surface area contributed by atoms with Gasteiger partial charge in [0, 0.05) is 10.0 Å². The fraction of sp³-hybridized carbons (Fsp3) is 0.120. The van der Waals surface area contributed by atoms with Crippen LogP contribution in [-0.4, -0.2) is 23.9 Å². The largest absolute Gasteiger partial charge is 0.493 e. The third-order valence-corrected chi connectivity index (χ3v) is 5.80. The lowest BCUT2D eigenvalue weighted by Crippen LogP contribution is -2.30. The summed E-state index contributed by atoms with van der Waals surface area (Å²) < 4.78 is 39.1. The van der Waals surface area contributed by atoms with E-state index in [4.69, 9.17) is 9.47 Å². The SMILES string of the molecule is COc1cc(/C=C2/NC(=O)N(Cc3ccccc3F)C2=O)c(Br)cc1OCc1cccc(F)c1. The quantitative estimate of drug-likeness (QED) is 0.329. The standard InChI is InChI=1S/C25H19BrF2N2O4/c1-33-22-11-17(19(26)12-23(22)34-14-15-5-4-7-18(27)9-15)10-21-24(31)30(25(32)29-21)13-16-6-2-3-8-20(16)28/h2-12H,13-14H2,1H3,(H,29,32)/b21-10+. The Morgan fingerprint density at radius 3 is 2.56 bits per heavy atom. The Balaban J connectivity index is 1.54. The van der Waals surface area contributed by atoms with Gasteiger partial charge in [0.25, 0.3) is 5.91 Å². The first kappa shape index (κ1) is 23.4. The van der Waals surface area contributed by atoms with E-state index in [1.54, 1.807) is 30.3 Å². The molecule has 1 fully saturated rings. The molecule has 9 heteroatoms. The maximum atomic E-state index is 14.0. The lowest BCUT2D eigenvalue weighted by Gasteiger charge is -2.13. The zero-order valence-electron chi connectivity index (χ0n) is 18.0. The number of ether oxygens (including phenoxy) is 2. The highest BCUT2D eigenvalue weighted by molar-refractivity contribution is 9.10. The second-order valence-electron chi connectivity index (χ2n) is 7.41. The van der Waals surface area contributed by atoms with Crippen LogP contribution in [0.25, 0.3) is 6.08 Å². The first-order valence-corrected chi connectivity index (χ1v) is 11.0. The number of carbonyl (C=O) groups is 2. The smallest absolute Gasteiger partial charge is 0.329 e. The molecule has 1 aliphatic rings. The van der Waals surface area contributed by atoms with Crippen molar-refractivity contribution in [3.8, 4) is 11.5 Å². The number of benzene rings is 3. The van der Waals surface area contributed by atoms with E-state index in [0.29, 0.717) is 27.1 Å². The molecular formula is C25H19BrF2N2O4. The van der Waals surface area contributed by atoms with Gasteiger partial charge in [-0.05, 0) is 47.5 Å². The summed E-state index contributed by atoms with van der Waals surface area (Å²) in [7, 11) is 1.47. The van der Waals surface area contributed by atoms with Crippen molar-refractivity contribution in [2.75, 3.05) is 7.11 Å². The first-order valence-electron chi connectivity index (χ1n) is 10.2. The van der Waals surface area contributed by atoms with E-state index in [2.05, 4.69) is 21.2 Å². The molecule has 4 rings (SSSR count). The summed E-state index contributed by atoms with van der Waals surface area (Å²) in [6, 6.07) is 14.7. The van der Waals surface area contributed by atoms with Crippen molar-refractivity contribution < 1.29 is 27.8 Å². The predicted octanol–water partition coefficient (Wildman–Crippen LogP) is 5.41. The third-order valence-electron chi connectivity index (χ3n) is 5.11. The van der Waals surface area contributed by atoms with Crippen molar-refractivity contribution in [2.45, 2.75) is 13.2 Å². The number of nitrogens with zero attached hydrogens (tertiary/aromatic N) is 1. The molecule has 3 aromatic carbocycles. The van der Waals surface area contributed by atoms with E-state index >= 15 is 0 Å². The van der Waals surface area contributed by atoms with Gasteiger partial charge in [-0.1, -0.05) is 46.3 Å². The van der Waals surface area contributed by atoms with E-state index in [1.165, 1.54) is 43.5 Å². The number of hydrogen-bond acceptors (Lipinski definition) is 4. The van der Waals surface area contributed by atoms with Gasteiger partial charge in [-0.3, -0.25) is 9.69 Å². The van der Waals surface area contributed by atoms with Crippen LogP contribution in [0, 0.1) is 11.6 Å². The van der Waals surface area contributed by atoms with Gasteiger partial charge in [0.05, 0.1) is 13.7 Å². The Bertz CT molecular complexity index is 1300. The van der Waals surface area contributed by atoms with E-state index in [-0.39, 0.29) is 30.2 Å². The number of imide groups is 1. The molecule has 0 aliphatic carbocycles. The van der Waals surface area contributed by atoms with Crippen LogP contribution in [0.1, 0.15) is 16.7 Å². The van der Waals surface area contributed by atoms with Crippen molar-refractivity contribution in [2.24, 2.45) is 0 Å². The number of rotatable bonds is 7. The molecule has 174 valence electrons. The average Bonchev–Trinajstić information content (AvgIpc) is 3.08. The van der Waals surface area contributed by atoms with Gasteiger partial charge in [-0.25, -0.2) is 13.6 Å². The first-order chi connectivity index (χ1) is 16.4. The van der Waals surface area contributed by atoms with E-state index < -0.39 is 17.8 Å². The van der Waals surface area contributed by atoms with Crippen molar-refractivity contribution in [1.29, 1.82) is 0 Å². The highest BCUT2D eigenvalue weighted by Crippen LogP contribution is 2.35. The average molecular weight is 529 g/mol. The van der Waals surface area contributed by atoms with Crippen LogP contribution in [0.5, 0.6) is 11.5 Å². The fourth-order valence-corrected chi connectivity index (χ4v) is 3.83. The zero-order valence-corrected chi connectivity index (χ0v) is 19.6. The highest BCUT2D eigenvalue weighted by atomic mass is 79.9. The Morgan fingerprint density at radius 1 is 1.03 bits per heavy atom. The molecular weight excluding hydrogens is 510 g/mol. The van der Waals surface area contributed by atoms with Crippen molar-refractivity contribution in [3.63, 3.8) is 0 Å². The summed E-state index contributed by atoms with van der Waals surface area (Å²) in [6.45, 7) is -0.0629. The molecule has 3 aromatic rings. The number of nitrogens with one attached hydrogen (secondary N) is 1. The Morgan fingerprint density at radius 2 is 1.82 bits per heavy atom. The van der Waals surface area contributed by atoms with Gasteiger partial charge in [0.15, 0.2) is 11.5 Å². The van der Waals surface area contributed by atoms with Crippen LogP contribution >= 0.6 is 15.9 Å². The summed E-state index contributed by atoms with van der Waals surface area (Å²) >= 11 is 3.44. The lowest BCUT2D eigenvalue weighted by atomic mass is 10.1. The van der Waals surface area contributed by atoms with Crippen LogP contribution in [0.15, 0.2) is 70.8 Å². The van der Waals surface area contributed by atoms with Gasteiger partial charge in [-0.15, -0.1) is 0 Å². The van der Waals surface area contributed by atoms with Crippen LogP contribution < -0.4 is 14.8 Å². The predicted molar refractivity (Wildman–Crippen MR) is 125 cm³/mol. The van der Waals surface area contributed by atoms with Crippen LogP contribution in [0.3, 0.4) is 0 Å². The minimum atomic E-state index is -0.641. The highest BCUT2D eigenvalue weighted by Gasteiger charge is 2.34. The Kier molecular flexibility index (Phi) is 6.93. The minimum absolute atomic E-state index is 0.0394. The normalized spacial score (nSPS) is 14.5. The fourth-order valence-electron chi connectivity index (χ4n) is 3.39. The molecule has 6 nitrogen and oxygen atoms in total. The van der Waals surface area contributed by atoms with E-state index in [1.807, 2.05) is 0 Å². The zero-order chi connectivity index (χ0) is 24.2. The molecule has 0 radical (unpaired) electrons. The summed E-state index contributed by atoms with van der Waals surface area (Å²) in [5, 5.41) is 2.52. The molecule has 0 saturated carbocycles. The van der Waals surface area contributed by atoms with Gasteiger partial charge in [0.2, 0.25) is 0 Å². The number of methoxy groups -OCH3 is 1. The van der Waals surface area contributed by atoms with Gasteiger partial charge in [-0.2, -0.15) is 0 Å². The Hall–Kier alpha value is -3.72. The van der Waals surface area contributed by atoms with Crippen molar-refractivity contribution in [1.82, 2.24) is 10.2 Å². The molecule has 1 aliphatic heterocycles. The van der Waals surface area contributed by atoms with Crippen LogP contribution in [0.4, 0.5) is 13.6 Å². The van der Waals surface area contributed by atoms with Crippen LogP contribution in [0.2, 0.25) is 0 Å². The molecule has 0 aromatic heterocycles. The molecule has 0 atom stereocenters. The number of amides is 3. The lowest BCUT2D eigenvalue weighted by molar-refractivity contribution is -0.123. The summed E-state index contributed by atoms with van der Waals surface area (Å²) in [6.07, 6.45) is 1.49. The second-order valence-corrected chi connectivity index (χ2v) is 8.27. The molecule has 0 spiro atoms. The molecule has 3 amide bonds. The third kappa shape index (κ3) is 5.09. The number of carbonyl (C=O) groups excluding carboxylic acids is 2. The van der Waals surface area contributed by atoms with E-state index in [9.17, 15) is 18.4 Å². The molecule has 34 heavy (non-hydrogen) atoms. The Labute approximate surface area is 202 Å². The van der Waals surface area contributed by atoms with Crippen molar-refractivity contribution in [3.05, 3.63) is 99.2 Å². The number of hydrogen-bond donors (Lipinski definition) is 1. The maximum absolute atomic E-state index is 14.0. The molecule has 0 unspecified atom stereocenters. The van der Waals surface area contributed by atoms with E-state index in [0.717, 1.165) is 4.90 Å². The van der Waals surface area contributed by atoms with Crippen LogP contribution in [-0.2, 0) is 17.9 Å². The molecule has 1 saturated heterocycles. The number of halogens is 3. The number of urea groups is 1. The summed E-state index contributed by atoms with van der Waals surface area (Å²) in [5.74, 6) is -0.647. The van der Waals surface area contributed by atoms with Gasteiger partial charge in [0.1, 0.15) is 23.9 Å². The second kappa shape index (κ2) is 10.0. The topological polar surface area (TPSA) is 67.9 Å².